The number of fused-ring (bicyclic) bond motifs is 1. The van der Waals surface area contributed by atoms with E-state index < -0.39 is 0 Å². The zero-order valence-electron chi connectivity index (χ0n) is 15.4. The highest BCUT2D eigenvalue weighted by Gasteiger charge is 2.30. The first kappa shape index (κ1) is 17.2. The molecule has 2 aromatic carbocycles. The van der Waals surface area contributed by atoms with Crippen LogP contribution in [0.1, 0.15) is 63.6 Å². The lowest BCUT2D eigenvalue weighted by Crippen LogP contribution is -2.18. The van der Waals surface area contributed by atoms with Gasteiger partial charge in [-0.25, -0.2) is 0 Å². The molecule has 0 fully saturated rings. The molecule has 1 heterocycles. The van der Waals surface area contributed by atoms with Crippen molar-refractivity contribution in [2.75, 3.05) is 5.32 Å². The molecule has 128 valence electrons. The number of benzene rings is 2. The van der Waals surface area contributed by atoms with Crippen LogP contribution < -0.4 is 5.32 Å². The first-order chi connectivity index (χ1) is 11.1. The van der Waals surface area contributed by atoms with Gasteiger partial charge in [0.05, 0.1) is 0 Å². The van der Waals surface area contributed by atoms with E-state index in [1.165, 1.54) is 10.5 Å². The molecule has 0 aromatic heterocycles. The predicted octanol–water partition coefficient (Wildman–Crippen LogP) is 6.20. The van der Waals surface area contributed by atoms with Crippen LogP contribution in [-0.2, 0) is 10.8 Å². The van der Waals surface area contributed by atoms with Gasteiger partial charge in [-0.3, -0.25) is 0 Å². The van der Waals surface area contributed by atoms with E-state index in [0.717, 1.165) is 16.8 Å². The second-order valence-corrected chi connectivity index (χ2v) is 9.75. The topological polar surface area (TPSA) is 32.3 Å². The van der Waals surface area contributed by atoms with Crippen LogP contribution in [0.15, 0.2) is 41.3 Å². The predicted molar refractivity (Wildman–Crippen MR) is 104 cm³/mol. The maximum atomic E-state index is 11.0. The molecule has 0 saturated carbocycles. The number of para-hydroxylation sites is 1. The Morgan fingerprint density at radius 3 is 2.21 bits per heavy atom. The minimum Gasteiger partial charge on any atom is -0.507 e. The molecule has 0 saturated heterocycles. The van der Waals surface area contributed by atoms with Crippen LogP contribution in [0.3, 0.4) is 0 Å². The fourth-order valence-electron chi connectivity index (χ4n) is 2.99. The highest BCUT2D eigenvalue weighted by atomic mass is 32.2. The van der Waals surface area contributed by atoms with Crippen LogP contribution in [0.2, 0.25) is 0 Å². The molecule has 0 spiro atoms. The Labute approximate surface area is 149 Å². The first-order valence-electron chi connectivity index (χ1n) is 8.47. The first-order valence-corrected chi connectivity index (χ1v) is 9.35. The number of phenolic OH excluding ortho intramolecular Hbond substituents is 1. The maximum Gasteiger partial charge on any atom is 0.125 e. The fourth-order valence-corrected chi connectivity index (χ4v) is 4.15. The van der Waals surface area contributed by atoms with Crippen molar-refractivity contribution >= 4 is 17.4 Å². The van der Waals surface area contributed by atoms with E-state index in [0.29, 0.717) is 5.75 Å². The van der Waals surface area contributed by atoms with Crippen LogP contribution in [0, 0.1) is 0 Å². The molecule has 0 amide bonds. The summed E-state index contributed by atoms with van der Waals surface area (Å²) >= 11 is 1.77. The van der Waals surface area contributed by atoms with Crippen LogP contribution in [-0.4, -0.2) is 5.11 Å². The van der Waals surface area contributed by atoms with E-state index in [1.54, 1.807) is 11.8 Å². The Bertz CT molecular complexity index is 743. The second kappa shape index (κ2) is 5.73. The van der Waals surface area contributed by atoms with E-state index in [9.17, 15) is 5.11 Å². The third-order valence-electron chi connectivity index (χ3n) is 4.51. The van der Waals surface area contributed by atoms with Crippen LogP contribution >= 0.6 is 11.8 Å². The SMILES string of the molecule is CC(C)(C)c1cc(C2Nc3ccccc3S2)c(O)c(C(C)(C)C)c1. The van der Waals surface area contributed by atoms with E-state index in [2.05, 4.69) is 77.2 Å². The lowest BCUT2D eigenvalue weighted by molar-refractivity contribution is 0.438. The Balaban J connectivity index is 2.11. The molecule has 0 aliphatic carbocycles. The number of anilines is 1. The molecule has 24 heavy (non-hydrogen) atoms. The number of hydrogen-bond donors (Lipinski definition) is 2. The van der Waals surface area contributed by atoms with Gasteiger partial charge in [0.1, 0.15) is 11.1 Å². The Hall–Kier alpha value is -1.61. The van der Waals surface area contributed by atoms with E-state index in [-0.39, 0.29) is 16.2 Å². The molecule has 0 bridgehead atoms. The third kappa shape index (κ3) is 3.14. The van der Waals surface area contributed by atoms with Crippen molar-refractivity contribution in [3.63, 3.8) is 0 Å². The highest BCUT2D eigenvalue weighted by Crippen LogP contribution is 2.50. The number of nitrogens with one attached hydrogen (secondary N) is 1. The smallest absolute Gasteiger partial charge is 0.125 e. The molecule has 2 aromatic rings. The van der Waals surface area contributed by atoms with Crippen molar-refractivity contribution in [1.82, 2.24) is 0 Å². The second-order valence-electron chi connectivity index (χ2n) is 8.60. The van der Waals surface area contributed by atoms with Gasteiger partial charge in [0.25, 0.3) is 0 Å². The van der Waals surface area contributed by atoms with Gasteiger partial charge in [0.2, 0.25) is 0 Å². The summed E-state index contributed by atoms with van der Waals surface area (Å²) in [5.74, 6) is 0.424. The Morgan fingerprint density at radius 1 is 0.958 bits per heavy atom. The van der Waals surface area contributed by atoms with Crippen LogP contribution in [0.5, 0.6) is 5.75 Å². The summed E-state index contributed by atoms with van der Waals surface area (Å²) < 4.78 is 0. The molecule has 1 aliphatic rings. The van der Waals surface area contributed by atoms with Gasteiger partial charge in [0, 0.05) is 16.1 Å². The van der Waals surface area contributed by atoms with Crippen LogP contribution in [0.25, 0.3) is 0 Å². The lowest BCUT2D eigenvalue weighted by atomic mass is 9.79. The molecule has 3 heteroatoms. The van der Waals surface area contributed by atoms with Crippen molar-refractivity contribution in [3.05, 3.63) is 53.1 Å². The number of phenols is 1. The van der Waals surface area contributed by atoms with Gasteiger partial charge in [-0.15, -0.1) is 0 Å². The zero-order chi connectivity index (χ0) is 17.7. The lowest BCUT2D eigenvalue weighted by Gasteiger charge is -2.28. The Kier molecular flexibility index (Phi) is 4.11. The molecular weight excluding hydrogens is 314 g/mol. The molecule has 2 nitrogen and oxygen atoms in total. The molecule has 0 radical (unpaired) electrons. The quantitative estimate of drug-likeness (QED) is 0.647. The van der Waals surface area contributed by atoms with Gasteiger partial charge >= 0.3 is 0 Å². The van der Waals surface area contributed by atoms with E-state index in [1.807, 2.05) is 6.07 Å². The number of thioether (sulfide) groups is 1. The average molecular weight is 342 g/mol. The van der Waals surface area contributed by atoms with Crippen molar-refractivity contribution in [2.24, 2.45) is 0 Å². The van der Waals surface area contributed by atoms with Gasteiger partial charge in [0.15, 0.2) is 0 Å². The monoisotopic (exact) mass is 341 g/mol. The zero-order valence-corrected chi connectivity index (χ0v) is 16.2. The largest absolute Gasteiger partial charge is 0.507 e. The fraction of sp³-hybridized carbons (Fsp3) is 0.429. The number of hydrogen-bond acceptors (Lipinski definition) is 3. The Morgan fingerprint density at radius 2 is 1.62 bits per heavy atom. The van der Waals surface area contributed by atoms with Gasteiger partial charge in [-0.05, 0) is 40.2 Å². The summed E-state index contributed by atoms with van der Waals surface area (Å²) in [6.07, 6.45) is 0. The molecule has 1 unspecified atom stereocenters. The van der Waals surface area contributed by atoms with Crippen LogP contribution in [0.4, 0.5) is 5.69 Å². The highest BCUT2D eigenvalue weighted by molar-refractivity contribution is 8.00. The summed E-state index contributed by atoms with van der Waals surface area (Å²) in [6, 6.07) is 12.7. The molecular formula is C21H27NOS. The van der Waals surface area contributed by atoms with Crippen molar-refractivity contribution in [1.29, 1.82) is 0 Å². The molecule has 1 aliphatic heterocycles. The minimum absolute atomic E-state index is 0.0403. The summed E-state index contributed by atoms with van der Waals surface area (Å²) in [4.78, 5) is 1.24. The summed E-state index contributed by atoms with van der Waals surface area (Å²) in [7, 11) is 0. The summed E-state index contributed by atoms with van der Waals surface area (Å²) in [5.41, 5.74) is 4.34. The normalized spacial score (nSPS) is 17.5. The van der Waals surface area contributed by atoms with E-state index in [4.69, 9.17) is 0 Å². The standard InChI is InChI=1S/C21H27NOS/c1-20(2,3)13-11-14(18(23)15(12-13)21(4,5)6)19-22-16-9-7-8-10-17(16)24-19/h7-12,19,22-23H,1-6H3. The summed E-state index contributed by atoms with van der Waals surface area (Å²) in [6.45, 7) is 13.1. The molecule has 1 atom stereocenters. The van der Waals surface area contributed by atoms with Crippen molar-refractivity contribution in [3.8, 4) is 5.75 Å². The minimum atomic E-state index is -0.101. The van der Waals surface area contributed by atoms with Crippen molar-refractivity contribution < 1.29 is 5.11 Å². The average Bonchev–Trinajstić information content (AvgIpc) is 2.88. The number of aromatic hydroxyl groups is 1. The van der Waals surface area contributed by atoms with E-state index >= 15 is 0 Å². The third-order valence-corrected chi connectivity index (χ3v) is 5.73. The summed E-state index contributed by atoms with van der Waals surface area (Å²) in [5, 5.41) is 14.6. The number of rotatable bonds is 1. The van der Waals surface area contributed by atoms with Gasteiger partial charge < -0.3 is 10.4 Å². The maximum absolute atomic E-state index is 11.0. The molecule has 3 rings (SSSR count). The van der Waals surface area contributed by atoms with Gasteiger partial charge in [-0.1, -0.05) is 71.5 Å². The molecule has 2 N–H and O–H groups in total. The van der Waals surface area contributed by atoms with Gasteiger partial charge in [-0.2, -0.15) is 0 Å². The van der Waals surface area contributed by atoms with Crippen molar-refractivity contribution in [2.45, 2.75) is 62.6 Å².